The second-order valence-electron chi connectivity index (χ2n) is 4.73. The standard InChI is InChI=1S/C13H26OSi/c1-6-8-9-10-11-12(3)14-15-13(4,5)7-2/h10-12H,6-9H2,1-5H3/b11-10+. The molecule has 0 saturated carbocycles. The molecule has 0 aromatic carbocycles. The minimum absolute atomic E-state index is 0.269. The Morgan fingerprint density at radius 3 is 2.53 bits per heavy atom. The van der Waals surface area contributed by atoms with E-state index in [0.29, 0.717) is 14.8 Å². The first kappa shape index (κ1) is 14.9. The fourth-order valence-electron chi connectivity index (χ4n) is 0.974. The number of rotatable bonds is 8. The summed E-state index contributed by atoms with van der Waals surface area (Å²) in [5, 5.41) is 0.339. The van der Waals surface area contributed by atoms with Gasteiger partial charge in [-0.1, -0.05) is 59.1 Å². The van der Waals surface area contributed by atoms with Crippen molar-refractivity contribution in [2.24, 2.45) is 0 Å². The quantitative estimate of drug-likeness (QED) is 0.339. The van der Waals surface area contributed by atoms with Crippen molar-refractivity contribution in [2.45, 2.75) is 71.4 Å². The highest BCUT2D eigenvalue weighted by molar-refractivity contribution is 6.32. The molecule has 0 aliphatic rings. The maximum absolute atomic E-state index is 5.82. The molecule has 88 valence electrons. The Balaban J connectivity index is 3.65. The van der Waals surface area contributed by atoms with E-state index in [1.807, 2.05) is 0 Å². The molecular formula is C13H26OSi. The molecule has 0 fully saturated rings. The van der Waals surface area contributed by atoms with Gasteiger partial charge in [0.25, 0.3) is 0 Å². The van der Waals surface area contributed by atoms with Gasteiger partial charge in [-0.3, -0.25) is 0 Å². The predicted molar refractivity (Wildman–Crippen MR) is 69.3 cm³/mol. The Morgan fingerprint density at radius 1 is 1.33 bits per heavy atom. The third-order valence-corrected chi connectivity index (χ3v) is 3.93. The Morgan fingerprint density at radius 2 is 2.00 bits per heavy atom. The highest BCUT2D eigenvalue weighted by Crippen LogP contribution is 2.27. The Kier molecular flexibility index (Phi) is 8.07. The van der Waals surface area contributed by atoms with Crippen LogP contribution in [0.15, 0.2) is 12.2 Å². The molecule has 0 aliphatic carbocycles. The molecular weight excluding hydrogens is 200 g/mol. The Bertz CT molecular complexity index is 175. The van der Waals surface area contributed by atoms with E-state index in [1.165, 1.54) is 25.7 Å². The zero-order valence-electron chi connectivity index (χ0n) is 11.0. The van der Waals surface area contributed by atoms with Gasteiger partial charge in [-0.2, -0.15) is 0 Å². The third kappa shape index (κ3) is 8.88. The summed E-state index contributed by atoms with van der Waals surface area (Å²) in [5.74, 6) is 0. The van der Waals surface area contributed by atoms with Crippen molar-refractivity contribution in [1.82, 2.24) is 0 Å². The van der Waals surface area contributed by atoms with Crippen LogP contribution in [0.25, 0.3) is 0 Å². The lowest BCUT2D eigenvalue weighted by molar-refractivity contribution is 0.269. The lowest BCUT2D eigenvalue weighted by Gasteiger charge is -2.21. The zero-order chi connectivity index (χ0) is 11.7. The zero-order valence-corrected chi connectivity index (χ0v) is 12.0. The summed E-state index contributed by atoms with van der Waals surface area (Å²) >= 11 is 0. The molecule has 0 saturated heterocycles. The number of hydrogen-bond acceptors (Lipinski definition) is 1. The minimum atomic E-state index is 0.269. The first-order chi connectivity index (χ1) is 7.02. The Labute approximate surface area is 98.2 Å². The van der Waals surface area contributed by atoms with Crippen molar-refractivity contribution in [2.75, 3.05) is 0 Å². The fourth-order valence-corrected chi connectivity index (χ4v) is 1.70. The van der Waals surface area contributed by atoms with Gasteiger partial charge in [-0.15, -0.1) is 0 Å². The summed E-state index contributed by atoms with van der Waals surface area (Å²) < 4.78 is 5.82. The van der Waals surface area contributed by atoms with Crippen LogP contribution in [0, 0.1) is 0 Å². The molecule has 15 heavy (non-hydrogen) atoms. The lowest BCUT2D eigenvalue weighted by atomic mass is 10.1. The van der Waals surface area contributed by atoms with Crippen LogP contribution in [0.1, 0.15) is 60.3 Å². The first-order valence-electron chi connectivity index (χ1n) is 6.11. The van der Waals surface area contributed by atoms with Gasteiger partial charge in [0.05, 0.1) is 6.10 Å². The molecule has 0 aromatic rings. The van der Waals surface area contributed by atoms with Crippen molar-refractivity contribution in [3.8, 4) is 0 Å². The monoisotopic (exact) mass is 226 g/mol. The van der Waals surface area contributed by atoms with Gasteiger partial charge in [0, 0.05) is 0 Å². The highest BCUT2D eigenvalue weighted by atomic mass is 28.2. The van der Waals surface area contributed by atoms with Gasteiger partial charge in [0.2, 0.25) is 9.76 Å². The van der Waals surface area contributed by atoms with Gasteiger partial charge in [-0.25, -0.2) is 0 Å². The van der Waals surface area contributed by atoms with Crippen molar-refractivity contribution < 1.29 is 4.43 Å². The van der Waals surface area contributed by atoms with Crippen LogP contribution >= 0.6 is 0 Å². The number of allylic oxidation sites excluding steroid dienone is 1. The van der Waals surface area contributed by atoms with E-state index in [0.717, 1.165) is 0 Å². The summed E-state index contributed by atoms with van der Waals surface area (Å²) in [6, 6.07) is 0. The van der Waals surface area contributed by atoms with E-state index in [2.05, 4.69) is 46.8 Å². The van der Waals surface area contributed by atoms with Gasteiger partial charge >= 0.3 is 0 Å². The minimum Gasteiger partial charge on any atom is -0.411 e. The Hall–Kier alpha value is -0.0831. The lowest BCUT2D eigenvalue weighted by Crippen LogP contribution is -2.19. The van der Waals surface area contributed by atoms with E-state index in [4.69, 9.17) is 4.43 Å². The van der Waals surface area contributed by atoms with Crippen molar-refractivity contribution in [3.05, 3.63) is 12.2 Å². The normalized spacial score (nSPS) is 14.7. The first-order valence-corrected chi connectivity index (χ1v) is 7.02. The van der Waals surface area contributed by atoms with Crippen LogP contribution in [-0.4, -0.2) is 15.9 Å². The van der Waals surface area contributed by atoms with Crippen LogP contribution in [0.2, 0.25) is 5.04 Å². The van der Waals surface area contributed by atoms with Crippen molar-refractivity contribution >= 4 is 9.76 Å². The molecule has 1 atom stereocenters. The van der Waals surface area contributed by atoms with Crippen molar-refractivity contribution in [1.29, 1.82) is 0 Å². The molecule has 2 radical (unpaired) electrons. The molecule has 2 heteroatoms. The smallest absolute Gasteiger partial charge is 0.236 e. The molecule has 1 unspecified atom stereocenters. The molecule has 0 aromatic heterocycles. The summed E-state index contributed by atoms with van der Waals surface area (Å²) in [4.78, 5) is 0. The predicted octanol–water partition coefficient (Wildman–Crippen LogP) is 4.37. The van der Waals surface area contributed by atoms with Crippen LogP contribution in [0.4, 0.5) is 0 Å². The molecule has 0 N–H and O–H groups in total. The average Bonchev–Trinajstić information content (AvgIpc) is 2.22. The van der Waals surface area contributed by atoms with Gasteiger partial charge in [-0.05, 0) is 18.4 Å². The van der Waals surface area contributed by atoms with Gasteiger partial charge in [0.1, 0.15) is 0 Å². The largest absolute Gasteiger partial charge is 0.411 e. The molecule has 0 bridgehead atoms. The average molecular weight is 226 g/mol. The molecule has 1 nitrogen and oxygen atoms in total. The van der Waals surface area contributed by atoms with E-state index in [1.54, 1.807) is 0 Å². The number of unbranched alkanes of at least 4 members (excludes halogenated alkanes) is 2. The van der Waals surface area contributed by atoms with Crippen LogP contribution < -0.4 is 0 Å². The highest BCUT2D eigenvalue weighted by Gasteiger charge is 2.18. The maximum atomic E-state index is 5.82. The fraction of sp³-hybridized carbons (Fsp3) is 0.846. The summed E-state index contributed by atoms with van der Waals surface area (Å²) in [5.41, 5.74) is 0. The van der Waals surface area contributed by atoms with Crippen LogP contribution in [0.5, 0.6) is 0 Å². The van der Waals surface area contributed by atoms with E-state index in [9.17, 15) is 0 Å². The number of hydrogen-bond donors (Lipinski definition) is 0. The van der Waals surface area contributed by atoms with E-state index >= 15 is 0 Å². The van der Waals surface area contributed by atoms with Gasteiger partial charge < -0.3 is 4.43 Å². The van der Waals surface area contributed by atoms with E-state index < -0.39 is 0 Å². The van der Waals surface area contributed by atoms with E-state index in [-0.39, 0.29) is 6.10 Å². The van der Waals surface area contributed by atoms with Crippen molar-refractivity contribution in [3.63, 3.8) is 0 Å². The maximum Gasteiger partial charge on any atom is 0.236 e. The molecule has 0 amide bonds. The second kappa shape index (κ2) is 8.11. The van der Waals surface area contributed by atoms with Gasteiger partial charge in [0.15, 0.2) is 0 Å². The molecule has 0 spiro atoms. The molecule has 0 rings (SSSR count). The SMILES string of the molecule is CCCC/C=C/C(C)O[Si]C(C)(C)CC. The molecule has 0 heterocycles. The second-order valence-corrected chi connectivity index (χ2v) is 6.53. The van der Waals surface area contributed by atoms with Crippen LogP contribution in [0.3, 0.4) is 0 Å². The molecule has 0 aliphatic heterocycles. The summed E-state index contributed by atoms with van der Waals surface area (Å²) in [6.45, 7) is 11.1. The topological polar surface area (TPSA) is 9.23 Å². The van der Waals surface area contributed by atoms with Crippen LogP contribution in [-0.2, 0) is 4.43 Å². The summed E-state index contributed by atoms with van der Waals surface area (Å²) in [7, 11) is 0.600. The third-order valence-electron chi connectivity index (χ3n) is 2.54. The summed E-state index contributed by atoms with van der Waals surface area (Å²) in [6.07, 6.45) is 9.62.